The summed E-state index contributed by atoms with van der Waals surface area (Å²) in [6.45, 7) is 4.13. The molecule has 1 atom stereocenters. The van der Waals surface area contributed by atoms with E-state index in [0.717, 1.165) is 29.7 Å². The van der Waals surface area contributed by atoms with E-state index in [9.17, 15) is 14.9 Å². The number of hydrogen-bond acceptors (Lipinski definition) is 6. The number of hydrogen-bond donors (Lipinski definition) is 1. The Morgan fingerprint density at radius 3 is 2.86 bits per heavy atom. The molecule has 0 fully saturated rings. The van der Waals surface area contributed by atoms with Crippen molar-refractivity contribution in [1.82, 2.24) is 0 Å². The number of rotatable bonds is 6. The van der Waals surface area contributed by atoms with Crippen molar-refractivity contribution < 1.29 is 18.7 Å². The molecule has 4 rings (SSSR count). The summed E-state index contributed by atoms with van der Waals surface area (Å²) in [6.07, 6.45) is 3.89. The van der Waals surface area contributed by atoms with E-state index in [0.29, 0.717) is 43.6 Å². The number of anilines is 1. The summed E-state index contributed by atoms with van der Waals surface area (Å²) in [5, 5.41) is 13.5. The zero-order chi connectivity index (χ0) is 25.1. The highest BCUT2D eigenvalue weighted by molar-refractivity contribution is 7.17. The van der Waals surface area contributed by atoms with Gasteiger partial charge in [0.2, 0.25) is 0 Å². The van der Waals surface area contributed by atoms with Gasteiger partial charge >= 0.3 is 5.97 Å². The lowest BCUT2D eigenvalue weighted by atomic mass is 9.88. The fourth-order valence-corrected chi connectivity index (χ4v) is 5.78. The van der Waals surface area contributed by atoms with Crippen LogP contribution >= 0.6 is 34.5 Å². The number of fused-ring (bicyclic) bond motifs is 1. The van der Waals surface area contributed by atoms with Gasteiger partial charge in [0.05, 0.1) is 22.2 Å². The molecular weight excluding hydrogens is 507 g/mol. The average Bonchev–Trinajstić information content (AvgIpc) is 3.43. The molecular formula is C26H22Cl2N2O4S. The van der Waals surface area contributed by atoms with E-state index in [1.54, 1.807) is 37.3 Å². The van der Waals surface area contributed by atoms with E-state index in [2.05, 4.69) is 12.2 Å². The Balaban J connectivity index is 1.61. The number of benzene rings is 1. The number of carbonyl (C=O) groups excluding carboxylic acids is 2. The monoisotopic (exact) mass is 528 g/mol. The standard InChI is InChI=1S/C26H22Cl2N2O4S/c1-3-33-26(32)22-18-9-7-14(2)11-21(18)35-25(22)30-24(31)15(13-29)12-16-8-10-20(34-16)17-5-4-6-19(27)23(17)28/h4-6,8,10,12,14H,3,7,9,11H2,1-2H3,(H,30,31). The van der Waals surface area contributed by atoms with Gasteiger partial charge in [0, 0.05) is 16.5 Å². The number of carbonyl (C=O) groups is 2. The highest BCUT2D eigenvalue weighted by Gasteiger charge is 2.29. The minimum absolute atomic E-state index is 0.169. The molecule has 1 aliphatic rings. The molecule has 2 heterocycles. The zero-order valence-electron chi connectivity index (χ0n) is 19.1. The molecule has 0 radical (unpaired) electrons. The van der Waals surface area contributed by atoms with Crippen molar-refractivity contribution in [1.29, 1.82) is 5.26 Å². The molecule has 35 heavy (non-hydrogen) atoms. The molecule has 1 unspecified atom stereocenters. The third-order valence-corrected chi connectivity index (χ3v) is 7.70. The summed E-state index contributed by atoms with van der Waals surface area (Å²) < 4.78 is 11.0. The first kappa shape index (κ1) is 25.1. The van der Waals surface area contributed by atoms with Crippen molar-refractivity contribution in [2.75, 3.05) is 11.9 Å². The van der Waals surface area contributed by atoms with Gasteiger partial charge in [0.25, 0.3) is 5.91 Å². The Kier molecular flexibility index (Phi) is 7.66. The maximum Gasteiger partial charge on any atom is 0.341 e. The average molecular weight is 529 g/mol. The van der Waals surface area contributed by atoms with Crippen LogP contribution < -0.4 is 5.32 Å². The predicted octanol–water partition coefficient (Wildman–Crippen LogP) is 7.16. The number of halogens is 2. The van der Waals surface area contributed by atoms with Gasteiger partial charge in [-0.25, -0.2) is 4.79 Å². The predicted molar refractivity (Wildman–Crippen MR) is 138 cm³/mol. The van der Waals surface area contributed by atoms with Crippen LogP contribution in [-0.2, 0) is 22.4 Å². The fourth-order valence-electron chi connectivity index (χ4n) is 3.99. The summed E-state index contributed by atoms with van der Waals surface area (Å²) in [7, 11) is 0. The molecule has 0 aliphatic heterocycles. The SMILES string of the molecule is CCOC(=O)c1c(NC(=O)C(C#N)=Cc2ccc(-c3cccc(Cl)c3Cl)o2)sc2c1CCC(C)C2. The largest absolute Gasteiger partial charge is 0.462 e. The number of esters is 1. The highest BCUT2D eigenvalue weighted by Crippen LogP contribution is 2.40. The summed E-state index contributed by atoms with van der Waals surface area (Å²) >= 11 is 13.7. The second-order valence-electron chi connectivity index (χ2n) is 8.20. The number of nitrogens with one attached hydrogen (secondary N) is 1. The van der Waals surface area contributed by atoms with Crippen LogP contribution in [0.2, 0.25) is 10.0 Å². The molecule has 3 aromatic rings. The van der Waals surface area contributed by atoms with Gasteiger partial charge in [0.1, 0.15) is 28.2 Å². The molecule has 0 saturated heterocycles. The maximum absolute atomic E-state index is 13.0. The molecule has 1 aliphatic carbocycles. The fraction of sp³-hybridized carbons (Fsp3) is 0.269. The number of furan rings is 1. The van der Waals surface area contributed by atoms with Crippen molar-refractivity contribution in [2.45, 2.75) is 33.1 Å². The van der Waals surface area contributed by atoms with Gasteiger partial charge in [-0.05, 0) is 61.9 Å². The van der Waals surface area contributed by atoms with Crippen molar-refractivity contribution in [3.05, 3.63) is 67.7 Å². The minimum atomic E-state index is -0.636. The number of amides is 1. The Labute approximate surface area is 217 Å². The van der Waals surface area contributed by atoms with Crippen LogP contribution in [-0.4, -0.2) is 18.5 Å². The zero-order valence-corrected chi connectivity index (χ0v) is 21.4. The van der Waals surface area contributed by atoms with Crippen molar-refractivity contribution in [3.63, 3.8) is 0 Å². The molecule has 9 heteroatoms. The van der Waals surface area contributed by atoms with E-state index in [1.165, 1.54) is 17.4 Å². The second kappa shape index (κ2) is 10.7. The van der Waals surface area contributed by atoms with E-state index in [4.69, 9.17) is 32.4 Å². The van der Waals surface area contributed by atoms with Crippen LogP contribution in [0.15, 0.2) is 40.3 Å². The summed E-state index contributed by atoms with van der Waals surface area (Å²) in [4.78, 5) is 26.8. The Morgan fingerprint density at radius 1 is 1.31 bits per heavy atom. The van der Waals surface area contributed by atoms with Gasteiger partial charge in [0.15, 0.2) is 0 Å². The Morgan fingerprint density at radius 2 is 2.11 bits per heavy atom. The first-order valence-electron chi connectivity index (χ1n) is 11.1. The molecule has 0 bridgehead atoms. The van der Waals surface area contributed by atoms with Gasteiger partial charge in [-0.1, -0.05) is 36.2 Å². The Bertz CT molecular complexity index is 1370. The molecule has 1 amide bonds. The van der Waals surface area contributed by atoms with Crippen LogP contribution in [0.3, 0.4) is 0 Å². The van der Waals surface area contributed by atoms with E-state index in [-0.39, 0.29) is 12.2 Å². The third kappa shape index (κ3) is 5.30. The van der Waals surface area contributed by atoms with Crippen LogP contribution in [0.5, 0.6) is 0 Å². The molecule has 0 spiro atoms. The van der Waals surface area contributed by atoms with Crippen LogP contribution in [0, 0.1) is 17.2 Å². The Hall–Kier alpha value is -3.05. The molecule has 2 aromatic heterocycles. The van der Waals surface area contributed by atoms with Gasteiger partial charge in [-0.3, -0.25) is 4.79 Å². The summed E-state index contributed by atoms with van der Waals surface area (Å²) in [5.74, 6) is 0.143. The van der Waals surface area contributed by atoms with Crippen LogP contribution in [0.25, 0.3) is 17.4 Å². The van der Waals surface area contributed by atoms with Gasteiger partial charge in [-0.2, -0.15) is 5.26 Å². The first-order valence-corrected chi connectivity index (χ1v) is 12.7. The van der Waals surface area contributed by atoms with E-state index in [1.807, 2.05) is 6.07 Å². The third-order valence-electron chi connectivity index (χ3n) is 5.71. The minimum Gasteiger partial charge on any atom is -0.462 e. The molecule has 180 valence electrons. The van der Waals surface area contributed by atoms with E-state index >= 15 is 0 Å². The lowest BCUT2D eigenvalue weighted by Crippen LogP contribution is -2.17. The normalized spacial score (nSPS) is 15.3. The topological polar surface area (TPSA) is 92.3 Å². The smallest absolute Gasteiger partial charge is 0.341 e. The number of nitrogens with zero attached hydrogens (tertiary/aromatic N) is 1. The first-order chi connectivity index (χ1) is 16.8. The van der Waals surface area contributed by atoms with Crippen molar-refractivity contribution >= 4 is 57.5 Å². The summed E-state index contributed by atoms with van der Waals surface area (Å²) in [5.41, 5.74) is 1.75. The van der Waals surface area contributed by atoms with Crippen molar-refractivity contribution in [2.24, 2.45) is 5.92 Å². The number of ether oxygens (including phenoxy) is 1. The highest BCUT2D eigenvalue weighted by atomic mass is 35.5. The van der Waals surface area contributed by atoms with Crippen molar-refractivity contribution in [3.8, 4) is 17.4 Å². The second-order valence-corrected chi connectivity index (χ2v) is 10.1. The van der Waals surface area contributed by atoms with E-state index < -0.39 is 11.9 Å². The van der Waals surface area contributed by atoms with Crippen LogP contribution in [0.4, 0.5) is 5.00 Å². The molecule has 1 N–H and O–H groups in total. The molecule has 0 saturated carbocycles. The van der Waals surface area contributed by atoms with Crippen LogP contribution in [0.1, 0.15) is 46.8 Å². The number of thiophene rings is 1. The molecule has 6 nitrogen and oxygen atoms in total. The lowest BCUT2D eigenvalue weighted by molar-refractivity contribution is -0.112. The summed E-state index contributed by atoms with van der Waals surface area (Å²) in [6, 6.07) is 10.4. The molecule has 1 aromatic carbocycles. The maximum atomic E-state index is 13.0. The quantitative estimate of drug-likeness (QED) is 0.208. The van der Waals surface area contributed by atoms with Gasteiger partial charge in [-0.15, -0.1) is 11.3 Å². The number of nitriles is 1. The lowest BCUT2D eigenvalue weighted by Gasteiger charge is -2.18. The van der Waals surface area contributed by atoms with Gasteiger partial charge < -0.3 is 14.5 Å².